The average Bonchev–Trinajstić information content (AvgIpc) is 2.59. The maximum Gasteiger partial charge on any atom is 0.317 e. The summed E-state index contributed by atoms with van der Waals surface area (Å²) in [6, 6.07) is 3.17. The maximum atomic E-state index is 13.2. The molecule has 0 amide bonds. The molecule has 6 nitrogen and oxygen atoms in total. The van der Waals surface area contributed by atoms with Crippen LogP contribution in [0.15, 0.2) is 34.5 Å². The fourth-order valence-electron chi connectivity index (χ4n) is 1.67. The lowest BCUT2D eigenvalue weighted by atomic mass is 10.2. The molecule has 1 aromatic heterocycles. The van der Waals surface area contributed by atoms with Gasteiger partial charge in [-0.15, -0.1) is 0 Å². The van der Waals surface area contributed by atoms with Crippen LogP contribution in [0.3, 0.4) is 0 Å². The number of aromatic nitrogens is 2. The Morgan fingerprint density at radius 1 is 1.44 bits per heavy atom. The lowest BCUT2D eigenvalue weighted by Gasteiger charge is -2.05. The zero-order valence-electron chi connectivity index (χ0n) is 13.0. The summed E-state index contributed by atoms with van der Waals surface area (Å²) in [6.07, 6.45) is -0.339. The molecule has 0 aliphatic carbocycles. The van der Waals surface area contributed by atoms with Crippen molar-refractivity contribution in [2.45, 2.75) is 13.3 Å². The molecule has 0 saturated heterocycles. The third-order valence-corrected chi connectivity index (χ3v) is 3.36. The SMILES string of the molecule is Cc1nc(OCC(C=Nc2ccc(F)c(C(F)F)c2)=NN)ncc1Cl. The van der Waals surface area contributed by atoms with Crippen molar-refractivity contribution in [3.63, 3.8) is 0 Å². The minimum Gasteiger partial charge on any atom is -0.457 e. The number of nitrogens with zero attached hydrogens (tertiary/aromatic N) is 4. The third kappa shape index (κ3) is 5.15. The number of hydrogen-bond acceptors (Lipinski definition) is 6. The molecule has 132 valence electrons. The first-order valence-electron chi connectivity index (χ1n) is 6.91. The first kappa shape index (κ1) is 18.7. The smallest absolute Gasteiger partial charge is 0.317 e. The molecule has 0 saturated carbocycles. The standard InChI is InChI=1S/C15H13ClF3N5O/c1-8-12(16)6-22-15(23-8)25-7-10(24-20)5-21-9-2-3-13(17)11(4-9)14(18)19/h2-6,14H,7,20H2,1H3. The Hall–Kier alpha value is -2.68. The van der Waals surface area contributed by atoms with Gasteiger partial charge in [-0.2, -0.15) is 10.1 Å². The monoisotopic (exact) mass is 371 g/mol. The number of hydrogen-bond donors (Lipinski definition) is 1. The highest BCUT2D eigenvalue weighted by atomic mass is 35.5. The van der Waals surface area contributed by atoms with Crippen LogP contribution in [-0.2, 0) is 0 Å². The van der Waals surface area contributed by atoms with Crippen LogP contribution in [0.1, 0.15) is 17.7 Å². The number of ether oxygens (including phenoxy) is 1. The van der Waals surface area contributed by atoms with E-state index in [4.69, 9.17) is 22.2 Å². The van der Waals surface area contributed by atoms with Crippen LogP contribution < -0.4 is 10.6 Å². The molecule has 1 heterocycles. The topological polar surface area (TPSA) is 85.8 Å². The summed E-state index contributed by atoms with van der Waals surface area (Å²) in [4.78, 5) is 11.8. The molecule has 0 bridgehead atoms. The number of aliphatic imine (C=N–C) groups is 1. The van der Waals surface area contributed by atoms with Crippen LogP contribution in [0.5, 0.6) is 6.01 Å². The summed E-state index contributed by atoms with van der Waals surface area (Å²) < 4.78 is 43.9. The van der Waals surface area contributed by atoms with Crippen LogP contribution in [0, 0.1) is 12.7 Å². The molecule has 0 fully saturated rings. The van der Waals surface area contributed by atoms with E-state index >= 15 is 0 Å². The summed E-state index contributed by atoms with van der Waals surface area (Å²) in [6.45, 7) is 1.58. The van der Waals surface area contributed by atoms with Crippen LogP contribution in [0.4, 0.5) is 18.9 Å². The number of halogens is 4. The number of alkyl halides is 2. The molecule has 2 rings (SSSR count). The second-order valence-corrected chi connectivity index (χ2v) is 5.17. The van der Waals surface area contributed by atoms with Crippen LogP contribution in [0.2, 0.25) is 5.02 Å². The largest absolute Gasteiger partial charge is 0.457 e. The molecule has 2 aromatic rings. The number of hydrazone groups is 1. The molecule has 0 spiro atoms. The Bertz CT molecular complexity index is 814. The Labute approximate surface area is 146 Å². The van der Waals surface area contributed by atoms with Gasteiger partial charge in [-0.3, -0.25) is 4.99 Å². The molecule has 10 heteroatoms. The molecule has 25 heavy (non-hydrogen) atoms. The number of rotatable bonds is 6. The molecule has 0 unspecified atom stereocenters. The van der Waals surface area contributed by atoms with E-state index in [1.807, 2.05) is 0 Å². The fraction of sp³-hybridized carbons (Fsp3) is 0.200. The van der Waals surface area contributed by atoms with E-state index in [1.165, 1.54) is 18.5 Å². The van der Waals surface area contributed by atoms with Gasteiger partial charge in [0.05, 0.1) is 34.4 Å². The minimum atomic E-state index is -2.94. The van der Waals surface area contributed by atoms with E-state index in [2.05, 4.69) is 20.1 Å². The number of nitrogens with two attached hydrogens (primary N) is 1. The quantitative estimate of drug-likeness (QED) is 0.477. The zero-order chi connectivity index (χ0) is 18.4. The third-order valence-electron chi connectivity index (χ3n) is 2.99. The van der Waals surface area contributed by atoms with Gasteiger partial charge in [0.2, 0.25) is 0 Å². The second kappa shape index (κ2) is 8.43. The predicted molar refractivity (Wildman–Crippen MR) is 88.4 cm³/mol. The van der Waals surface area contributed by atoms with Gasteiger partial charge in [0.15, 0.2) is 0 Å². The van der Waals surface area contributed by atoms with Crippen LogP contribution in [0.25, 0.3) is 0 Å². The highest BCUT2D eigenvalue weighted by Crippen LogP contribution is 2.26. The highest BCUT2D eigenvalue weighted by molar-refractivity contribution is 6.31. The van der Waals surface area contributed by atoms with Crippen molar-refractivity contribution in [1.82, 2.24) is 9.97 Å². The molecule has 0 atom stereocenters. The molecule has 0 aliphatic heterocycles. The molecular formula is C15H13ClF3N5O. The van der Waals surface area contributed by atoms with E-state index in [-0.39, 0.29) is 24.0 Å². The van der Waals surface area contributed by atoms with Gasteiger partial charge in [0, 0.05) is 0 Å². The van der Waals surface area contributed by atoms with Gasteiger partial charge in [0.25, 0.3) is 6.43 Å². The van der Waals surface area contributed by atoms with Crippen molar-refractivity contribution in [3.05, 3.63) is 46.5 Å². The van der Waals surface area contributed by atoms with Crippen molar-refractivity contribution >= 4 is 29.2 Å². The lowest BCUT2D eigenvalue weighted by molar-refractivity contribution is 0.146. The second-order valence-electron chi connectivity index (χ2n) is 4.76. The molecule has 1 aromatic carbocycles. The summed E-state index contributed by atoms with van der Waals surface area (Å²) in [5, 5.41) is 3.87. The summed E-state index contributed by atoms with van der Waals surface area (Å²) in [7, 11) is 0. The summed E-state index contributed by atoms with van der Waals surface area (Å²) in [5.41, 5.74) is 0.121. The normalized spacial score (nSPS) is 12.2. The minimum absolute atomic E-state index is 0.0678. The Balaban J connectivity index is 2.05. The van der Waals surface area contributed by atoms with E-state index in [1.54, 1.807) is 6.92 Å². The lowest BCUT2D eigenvalue weighted by Crippen LogP contribution is -2.16. The van der Waals surface area contributed by atoms with E-state index in [0.29, 0.717) is 10.7 Å². The first-order chi connectivity index (χ1) is 11.9. The first-order valence-corrected chi connectivity index (χ1v) is 7.29. The van der Waals surface area contributed by atoms with Crippen molar-refractivity contribution in [3.8, 4) is 6.01 Å². The molecular weight excluding hydrogens is 359 g/mol. The summed E-state index contributed by atoms with van der Waals surface area (Å²) >= 11 is 5.81. The number of aryl methyl sites for hydroxylation is 1. The van der Waals surface area contributed by atoms with E-state index in [9.17, 15) is 13.2 Å². The van der Waals surface area contributed by atoms with Gasteiger partial charge < -0.3 is 10.6 Å². The van der Waals surface area contributed by atoms with Crippen molar-refractivity contribution < 1.29 is 17.9 Å². The van der Waals surface area contributed by atoms with Crippen molar-refractivity contribution in [1.29, 1.82) is 0 Å². The Morgan fingerprint density at radius 2 is 2.20 bits per heavy atom. The maximum absolute atomic E-state index is 13.2. The molecule has 0 aliphatic rings. The van der Waals surface area contributed by atoms with Gasteiger partial charge in [-0.05, 0) is 25.1 Å². The Morgan fingerprint density at radius 3 is 2.84 bits per heavy atom. The van der Waals surface area contributed by atoms with Crippen molar-refractivity contribution in [2.24, 2.45) is 15.9 Å². The van der Waals surface area contributed by atoms with Gasteiger partial charge in [-0.1, -0.05) is 11.6 Å². The Kier molecular flexibility index (Phi) is 6.29. The van der Waals surface area contributed by atoms with Gasteiger partial charge in [0.1, 0.15) is 18.1 Å². The van der Waals surface area contributed by atoms with Crippen LogP contribution in [-0.4, -0.2) is 28.5 Å². The average molecular weight is 372 g/mol. The van der Waals surface area contributed by atoms with E-state index < -0.39 is 17.8 Å². The van der Waals surface area contributed by atoms with Crippen LogP contribution >= 0.6 is 11.6 Å². The molecule has 2 N–H and O–H groups in total. The van der Waals surface area contributed by atoms with Gasteiger partial charge >= 0.3 is 6.01 Å². The highest BCUT2D eigenvalue weighted by Gasteiger charge is 2.13. The summed E-state index contributed by atoms with van der Waals surface area (Å²) in [5.74, 6) is 4.23. The predicted octanol–water partition coefficient (Wildman–Crippen LogP) is 3.61. The van der Waals surface area contributed by atoms with Gasteiger partial charge in [-0.25, -0.2) is 18.2 Å². The zero-order valence-corrected chi connectivity index (χ0v) is 13.7. The van der Waals surface area contributed by atoms with E-state index in [0.717, 1.165) is 12.1 Å². The number of benzene rings is 1. The molecule has 0 radical (unpaired) electrons. The van der Waals surface area contributed by atoms with Crippen molar-refractivity contribution in [2.75, 3.05) is 6.61 Å². The fourth-order valence-corrected chi connectivity index (χ4v) is 1.77.